The van der Waals surface area contributed by atoms with Crippen LogP contribution < -0.4 is 4.90 Å². The number of rotatable bonds is 3. The Bertz CT molecular complexity index is 1480. The van der Waals surface area contributed by atoms with Crippen molar-refractivity contribution < 1.29 is 22.8 Å². The molecule has 0 bridgehead atoms. The molecule has 0 spiro atoms. The maximum atomic E-state index is 14.9. The molecule has 5 aliphatic carbocycles. The molecule has 0 aromatic heterocycles. The number of amides is 1. The number of alkyl halides is 3. The van der Waals surface area contributed by atoms with Gasteiger partial charge in [0, 0.05) is 43.7 Å². The minimum Gasteiger partial charge on any atom is -0.368 e. The van der Waals surface area contributed by atoms with Gasteiger partial charge in [-0.3, -0.25) is 9.59 Å². The Morgan fingerprint density at radius 3 is 2.10 bits per heavy atom. The van der Waals surface area contributed by atoms with Crippen LogP contribution in [0, 0.1) is 56.7 Å². The number of fused-ring (bicyclic) bond motifs is 7. The van der Waals surface area contributed by atoms with Crippen LogP contribution in [0.3, 0.4) is 0 Å². The third kappa shape index (κ3) is 4.66. The highest BCUT2D eigenvalue weighted by Gasteiger charge is 2.72. The molecule has 5 saturated carbocycles. The first-order valence-corrected chi connectivity index (χ1v) is 18.8. The van der Waals surface area contributed by atoms with Crippen molar-refractivity contribution in [2.75, 3.05) is 31.1 Å². The topological polar surface area (TPSA) is 40.6 Å². The lowest BCUT2D eigenvalue weighted by Crippen LogP contribution is -2.67. The van der Waals surface area contributed by atoms with Crippen LogP contribution in [-0.2, 0) is 15.8 Å². The van der Waals surface area contributed by atoms with Crippen molar-refractivity contribution >= 4 is 17.4 Å². The third-order valence-electron chi connectivity index (χ3n) is 16.4. The standard InChI is InChI=1S/C41H57F3N2O2/c1-26(2)29-14-19-40(35(48)46-24-22-45(23-25-46)28-10-8-27(9-11-28)41(42,43)44)21-20-38(6)30(34(29)40)12-13-32-37(5)17-16-33(47)36(3,4)31(37)15-18-39(32,38)7/h8-11,29-32,34H,1,12-25H2,2-7H3/t29-,30+,31-,32+,34+,37-,38+,39+,40-/m0/s1. The highest BCUT2D eigenvalue weighted by Crippen LogP contribution is 2.77. The molecule has 0 radical (unpaired) electrons. The second kappa shape index (κ2) is 11.1. The molecule has 1 aliphatic heterocycles. The summed E-state index contributed by atoms with van der Waals surface area (Å²) in [5.74, 6) is 2.90. The summed E-state index contributed by atoms with van der Waals surface area (Å²) < 4.78 is 39.4. The molecule has 7 heteroatoms. The van der Waals surface area contributed by atoms with Crippen LogP contribution in [0.15, 0.2) is 36.4 Å². The number of Topliss-reactive ketones (excluding diaryl/α,β-unsaturated/α-hetero) is 1. The second-order valence-corrected chi connectivity index (χ2v) is 18.3. The Hall–Kier alpha value is -2.31. The van der Waals surface area contributed by atoms with Gasteiger partial charge in [-0.2, -0.15) is 13.2 Å². The molecule has 1 saturated heterocycles. The van der Waals surface area contributed by atoms with E-state index in [2.05, 4.69) is 57.9 Å². The number of hydrogen-bond donors (Lipinski definition) is 0. The minimum atomic E-state index is -4.35. The van der Waals surface area contributed by atoms with Crippen molar-refractivity contribution in [2.24, 2.45) is 56.7 Å². The van der Waals surface area contributed by atoms with Gasteiger partial charge < -0.3 is 9.80 Å². The summed E-state index contributed by atoms with van der Waals surface area (Å²) in [6.07, 6.45) is 5.95. The van der Waals surface area contributed by atoms with Gasteiger partial charge >= 0.3 is 6.18 Å². The predicted molar refractivity (Wildman–Crippen MR) is 184 cm³/mol. The summed E-state index contributed by atoms with van der Waals surface area (Å²) in [4.78, 5) is 32.3. The maximum absolute atomic E-state index is 14.9. The van der Waals surface area contributed by atoms with Crippen LogP contribution in [0.2, 0.25) is 0 Å². The van der Waals surface area contributed by atoms with E-state index >= 15 is 0 Å². The van der Waals surface area contributed by atoms with Gasteiger partial charge in [-0.05, 0) is 135 Å². The Labute approximate surface area is 286 Å². The maximum Gasteiger partial charge on any atom is 0.416 e. The zero-order chi connectivity index (χ0) is 34.7. The highest BCUT2D eigenvalue weighted by atomic mass is 19.4. The SMILES string of the molecule is C=C(C)[C@@H]1CC[C@]2(C(=O)N3CCN(c4ccc(C(F)(F)F)cc4)CC3)CC[C@]3(C)[C@H](CC[C@@H]4[C@@]5(C)CCC(=O)C(C)(C)[C@@H]5CC[C@]43C)[C@@H]12. The Morgan fingerprint density at radius 1 is 0.812 bits per heavy atom. The zero-order valence-corrected chi connectivity index (χ0v) is 30.1. The first-order valence-electron chi connectivity index (χ1n) is 18.8. The van der Waals surface area contributed by atoms with Gasteiger partial charge in [0.1, 0.15) is 5.78 Å². The molecule has 1 amide bonds. The molecule has 9 atom stereocenters. The number of allylic oxidation sites excluding steroid dienone is 1. The number of piperazine rings is 1. The molecule has 264 valence electrons. The van der Waals surface area contributed by atoms with Crippen LogP contribution in [0.25, 0.3) is 0 Å². The lowest BCUT2D eigenvalue weighted by molar-refractivity contribution is -0.234. The van der Waals surface area contributed by atoms with Crippen LogP contribution in [0.1, 0.15) is 111 Å². The quantitative estimate of drug-likeness (QED) is 0.302. The number of benzene rings is 1. The number of hydrogen-bond acceptors (Lipinski definition) is 3. The van der Waals surface area contributed by atoms with Crippen LogP contribution >= 0.6 is 0 Å². The van der Waals surface area contributed by atoms with Crippen molar-refractivity contribution in [1.29, 1.82) is 0 Å². The van der Waals surface area contributed by atoms with Gasteiger partial charge in [-0.1, -0.05) is 46.8 Å². The monoisotopic (exact) mass is 666 g/mol. The lowest BCUT2D eigenvalue weighted by Gasteiger charge is -2.72. The Balaban J connectivity index is 1.14. The van der Waals surface area contributed by atoms with Gasteiger partial charge in [-0.15, -0.1) is 0 Å². The van der Waals surface area contributed by atoms with Crippen molar-refractivity contribution in [2.45, 2.75) is 112 Å². The van der Waals surface area contributed by atoms with Crippen LogP contribution in [-0.4, -0.2) is 42.8 Å². The van der Waals surface area contributed by atoms with E-state index in [9.17, 15) is 22.8 Å². The number of carbonyl (C=O) groups excluding carboxylic acids is 2. The number of carbonyl (C=O) groups is 2. The van der Waals surface area contributed by atoms with Gasteiger partial charge in [-0.25, -0.2) is 0 Å². The lowest BCUT2D eigenvalue weighted by atomic mass is 9.32. The summed E-state index contributed by atoms with van der Waals surface area (Å²) in [5, 5.41) is 0. The molecule has 4 nitrogen and oxygen atoms in total. The van der Waals surface area contributed by atoms with E-state index in [1.165, 1.54) is 18.4 Å². The molecule has 6 fully saturated rings. The average Bonchev–Trinajstić information content (AvgIpc) is 3.44. The first-order chi connectivity index (χ1) is 22.4. The van der Waals surface area contributed by atoms with E-state index in [0.29, 0.717) is 73.9 Å². The minimum absolute atomic E-state index is 0.128. The first kappa shape index (κ1) is 34.2. The van der Waals surface area contributed by atoms with Gasteiger partial charge in [0.2, 0.25) is 5.91 Å². The Morgan fingerprint density at radius 2 is 1.48 bits per heavy atom. The fraction of sp³-hybridized carbons (Fsp3) is 0.756. The molecule has 48 heavy (non-hydrogen) atoms. The molecule has 6 aliphatic rings. The summed E-state index contributed by atoms with van der Waals surface area (Å²) in [6, 6.07) is 5.43. The molecular formula is C41H57F3N2O2. The van der Waals surface area contributed by atoms with Crippen LogP contribution in [0.4, 0.5) is 18.9 Å². The normalized spacial score (nSPS) is 42.4. The van der Waals surface area contributed by atoms with Crippen LogP contribution in [0.5, 0.6) is 0 Å². The van der Waals surface area contributed by atoms with Crippen molar-refractivity contribution in [3.63, 3.8) is 0 Å². The summed E-state index contributed by atoms with van der Waals surface area (Å²) in [7, 11) is 0. The number of nitrogens with zero attached hydrogens (tertiary/aromatic N) is 2. The van der Waals surface area contributed by atoms with E-state index < -0.39 is 11.7 Å². The van der Waals surface area contributed by atoms with Gasteiger partial charge in [0.05, 0.1) is 11.0 Å². The second-order valence-electron chi connectivity index (χ2n) is 18.3. The molecule has 0 N–H and O–H groups in total. The van der Waals surface area contributed by atoms with Crippen molar-refractivity contribution in [1.82, 2.24) is 4.90 Å². The predicted octanol–water partition coefficient (Wildman–Crippen LogP) is 9.58. The summed E-state index contributed by atoms with van der Waals surface area (Å²) in [5.41, 5.74) is 1.21. The molecule has 1 heterocycles. The van der Waals surface area contributed by atoms with Crippen molar-refractivity contribution in [3.8, 4) is 0 Å². The number of halogens is 3. The highest BCUT2D eigenvalue weighted by molar-refractivity contribution is 5.86. The summed E-state index contributed by atoms with van der Waals surface area (Å²) >= 11 is 0. The van der Waals surface area contributed by atoms with E-state index in [4.69, 9.17) is 0 Å². The van der Waals surface area contributed by atoms with E-state index in [-0.39, 0.29) is 27.1 Å². The average molecular weight is 667 g/mol. The third-order valence-corrected chi connectivity index (χ3v) is 16.4. The molecule has 1 aromatic rings. The molecule has 7 rings (SSSR count). The fourth-order valence-electron chi connectivity index (χ4n) is 13.7. The van der Waals surface area contributed by atoms with E-state index in [0.717, 1.165) is 62.8 Å². The molecule has 1 aromatic carbocycles. The van der Waals surface area contributed by atoms with Crippen molar-refractivity contribution in [3.05, 3.63) is 42.0 Å². The van der Waals surface area contributed by atoms with Gasteiger partial charge in [0.15, 0.2) is 0 Å². The summed E-state index contributed by atoms with van der Waals surface area (Å²) in [6.45, 7) is 21.3. The molecular weight excluding hydrogens is 609 g/mol. The fourth-order valence-corrected chi connectivity index (χ4v) is 13.7. The largest absolute Gasteiger partial charge is 0.416 e. The Kier molecular flexibility index (Phi) is 7.89. The number of anilines is 1. The zero-order valence-electron chi connectivity index (χ0n) is 30.1. The van der Waals surface area contributed by atoms with E-state index in [1.807, 2.05) is 0 Å². The molecule has 0 unspecified atom stereocenters. The smallest absolute Gasteiger partial charge is 0.368 e. The number of ketones is 1. The van der Waals surface area contributed by atoms with E-state index in [1.54, 1.807) is 12.1 Å². The van der Waals surface area contributed by atoms with Gasteiger partial charge in [0.25, 0.3) is 0 Å².